The molecule has 1 atom stereocenters. The van der Waals surface area contributed by atoms with E-state index in [1.165, 1.54) is 11.8 Å². The van der Waals surface area contributed by atoms with Crippen LogP contribution in [0.2, 0.25) is 0 Å². The van der Waals surface area contributed by atoms with E-state index in [0.717, 1.165) is 24.1 Å². The Morgan fingerprint density at radius 2 is 2.24 bits per heavy atom. The quantitative estimate of drug-likeness (QED) is 0.503. The minimum Gasteiger partial charge on any atom is -0.399 e. The van der Waals surface area contributed by atoms with Crippen molar-refractivity contribution in [2.75, 3.05) is 11.1 Å². The second-order valence-electron chi connectivity index (χ2n) is 4.97. The molecule has 3 N–H and O–H groups in total. The highest BCUT2D eigenvalue weighted by atomic mass is 79.9. The maximum Gasteiger partial charge on any atom is 0.311 e. The zero-order valence-electron chi connectivity index (χ0n) is 11.0. The number of hydrogen-bond acceptors (Lipinski definition) is 5. The van der Waals surface area contributed by atoms with Gasteiger partial charge in [-0.1, -0.05) is 6.07 Å². The maximum absolute atomic E-state index is 11.1. The number of hydrogen-bond donors (Lipinski definition) is 2. The summed E-state index contributed by atoms with van der Waals surface area (Å²) in [5.74, 6) is 0. The topological polar surface area (TPSA) is 94.1 Å². The highest BCUT2D eigenvalue weighted by Crippen LogP contribution is 2.39. The standard InChI is InChI=1S/C14H13BrN4O2/c15-11-6-17-7-13(19(20)21)14(11)18-12-4-1-8-5-9(16)2-3-10(8)12/h2-3,5-7,12H,1,4,16H2,(H,17,18). The first kappa shape index (κ1) is 13.8. The third kappa shape index (κ3) is 2.56. The number of nitrogens with zero attached hydrogens (tertiary/aromatic N) is 2. The SMILES string of the molecule is Nc1ccc2c(c1)CCC2Nc1c(Br)cncc1[N+](=O)[O-]. The number of nitrogens with one attached hydrogen (secondary N) is 1. The van der Waals surface area contributed by atoms with Gasteiger partial charge in [-0.05, 0) is 52.0 Å². The first-order valence-electron chi connectivity index (χ1n) is 6.49. The lowest BCUT2D eigenvalue weighted by Gasteiger charge is -2.16. The molecule has 0 fully saturated rings. The molecule has 0 bridgehead atoms. The summed E-state index contributed by atoms with van der Waals surface area (Å²) < 4.78 is 0.584. The van der Waals surface area contributed by atoms with E-state index in [4.69, 9.17) is 5.73 Å². The van der Waals surface area contributed by atoms with Crippen LogP contribution >= 0.6 is 15.9 Å². The summed E-state index contributed by atoms with van der Waals surface area (Å²) in [5, 5.41) is 14.4. The molecule has 108 valence electrons. The summed E-state index contributed by atoms with van der Waals surface area (Å²) in [7, 11) is 0. The summed E-state index contributed by atoms with van der Waals surface area (Å²) >= 11 is 3.32. The van der Waals surface area contributed by atoms with Crippen LogP contribution in [-0.4, -0.2) is 9.91 Å². The molecule has 1 aromatic carbocycles. The lowest BCUT2D eigenvalue weighted by molar-refractivity contribution is -0.384. The Kier molecular flexibility index (Phi) is 3.50. The van der Waals surface area contributed by atoms with Crippen molar-refractivity contribution in [2.45, 2.75) is 18.9 Å². The number of anilines is 2. The van der Waals surface area contributed by atoms with Gasteiger partial charge in [-0.2, -0.15) is 0 Å². The van der Waals surface area contributed by atoms with Crippen molar-refractivity contribution in [3.63, 3.8) is 0 Å². The molecule has 7 heteroatoms. The van der Waals surface area contributed by atoms with Gasteiger partial charge < -0.3 is 11.1 Å². The molecule has 0 aliphatic heterocycles. The van der Waals surface area contributed by atoms with Gasteiger partial charge in [0.15, 0.2) is 0 Å². The van der Waals surface area contributed by atoms with Gasteiger partial charge in [0.25, 0.3) is 0 Å². The number of rotatable bonds is 3. The lowest BCUT2D eigenvalue weighted by Crippen LogP contribution is -2.09. The fourth-order valence-corrected chi connectivity index (χ4v) is 3.10. The van der Waals surface area contributed by atoms with E-state index in [2.05, 4.69) is 26.2 Å². The molecule has 0 amide bonds. The van der Waals surface area contributed by atoms with Crippen LogP contribution in [-0.2, 0) is 6.42 Å². The van der Waals surface area contributed by atoms with Crippen LogP contribution < -0.4 is 11.1 Å². The van der Waals surface area contributed by atoms with E-state index in [9.17, 15) is 10.1 Å². The molecule has 3 rings (SSSR count). The van der Waals surface area contributed by atoms with E-state index in [1.807, 2.05) is 18.2 Å². The second kappa shape index (κ2) is 5.33. The molecule has 21 heavy (non-hydrogen) atoms. The van der Waals surface area contributed by atoms with Crippen molar-refractivity contribution in [1.82, 2.24) is 4.98 Å². The summed E-state index contributed by atoms with van der Waals surface area (Å²) in [6.07, 6.45) is 4.60. The van der Waals surface area contributed by atoms with Crippen molar-refractivity contribution in [1.29, 1.82) is 0 Å². The molecule has 1 aliphatic carbocycles. The van der Waals surface area contributed by atoms with Crippen molar-refractivity contribution in [2.24, 2.45) is 0 Å². The Morgan fingerprint density at radius 3 is 3.00 bits per heavy atom. The number of aromatic nitrogens is 1. The van der Waals surface area contributed by atoms with E-state index in [0.29, 0.717) is 10.2 Å². The van der Waals surface area contributed by atoms with Crippen molar-refractivity contribution in [3.05, 3.63) is 56.3 Å². The fourth-order valence-electron chi connectivity index (χ4n) is 2.67. The van der Waals surface area contributed by atoms with Crippen molar-refractivity contribution in [3.8, 4) is 0 Å². The van der Waals surface area contributed by atoms with E-state index < -0.39 is 4.92 Å². The van der Waals surface area contributed by atoms with Crippen LogP contribution in [0.4, 0.5) is 17.1 Å². The van der Waals surface area contributed by atoms with Gasteiger partial charge in [0.1, 0.15) is 11.9 Å². The first-order valence-corrected chi connectivity index (χ1v) is 7.28. The second-order valence-corrected chi connectivity index (χ2v) is 5.82. The summed E-state index contributed by atoms with van der Waals surface area (Å²) in [6, 6.07) is 5.84. The number of benzene rings is 1. The third-order valence-corrected chi connectivity index (χ3v) is 4.24. The summed E-state index contributed by atoms with van der Waals surface area (Å²) in [6.45, 7) is 0. The highest BCUT2D eigenvalue weighted by Gasteiger charge is 2.26. The molecule has 0 saturated heterocycles. The number of nitrogen functional groups attached to an aromatic ring is 1. The Hall–Kier alpha value is -2.15. The van der Waals surface area contributed by atoms with Crippen LogP contribution in [0, 0.1) is 10.1 Å². The predicted molar refractivity (Wildman–Crippen MR) is 84.1 cm³/mol. The molecule has 0 radical (unpaired) electrons. The van der Waals surface area contributed by atoms with Gasteiger partial charge >= 0.3 is 5.69 Å². The van der Waals surface area contributed by atoms with E-state index in [1.54, 1.807) is 6.20 Å². The normalized spacial score (nSPS) is 16.5. The zero-order chi connectivity index (χ0) is 15.0. The predicted octanol–water partition coefficient (Wildman–Crippen LogP) is 3.43. The summed E-state index contributed by atoms with van der Waals surface area (Å²) in [4.78, 5) is 14.5. The lowest BCUT2D eigenvalue weighted by atomic mass is 10.1. The molecule has 1 aliphatic rings. The average molecular weight is 349 g/mol. The molecule has 6 nitrogen and oxygen atoms in total. The minimum atomic E-state index is -0.432. The highest BCUT2D eigenvalue weighted by molar-refractivity contribution is 9.10. The zero-order valence-corrected chi connectivity index (χ0v) is 12.6. The van der Waals surface area contributed by atoms with Crippen molar-refractivity contribution < 1.29 is 4.92 Å². The van der Waals surface area contributed by atoms with Gasteiger partial charge in [-0.25, -0.2) is 0 Å². The van der Waals surface area contributed by atoms with Gasteiger partial charge in [-0.3, -0.25) is 15.1 Å². The smallest absolute Gasteiger partial charge is 0.311 e. The average Bonchev–Trinajstić information content (AvgIpc) is 2.83. The summed E-state index contributed by atoms with van der Waals surface area (Å²) in [5.41, 5.74) is 9.30. The van der Waals surface area contributed by atoms with Crippen LogP contribution in [0.3, 0.4) is 0 Å². The van der Waals surface area contributed by atoms with Gasteiger partial charge in [-0.15, -0.1) is 0 Å². The van der Waals surface area contributed by atoms with Crippen LogP contribution in [0.25, 0.3) is 0 Å². The van der Waals surface area contributed by atoms with Crippen molar-refractivity contribution >= 4 is 33.0 Å². The van der Waals surface area contributed by atoms with E-state index in [-0.39, 0.29) is 11.7 Å². The molecular formula is C14H13BrN4O2. The van der Waals surface area contributed by atoms with Crippen LogP contribution in [0.5, 0.6) is 0 Å². The number of nitrogens with two attached hydrogens (primary N) is 1. The van der Waals surface area contributed by atoms with Gasteiger partial charge in [0, 0.05) is 11.9 Å². The Morgan fingerprint density at radius 1 is 1.43 bits per heavy atom. The van der Waals surface area contributed by atoms with E-state index >= 15 is 0 Å². The molecule has 1 aromatic heterocycles. The number of halogens is 1. The Labute approximate surface area is 129 Å². The molecule has 1 unspecified atom stereocenters. The number of aryl methyl sites for hydroxylation is 1. The number of pyridine rings is 1. The molecular weight excluding hydrogens is 336 g/mol. The number of nitro groups is 1. The molecule has 1 heterocycles. The third-order valence-electron chi connectivity index (χ3n) is 3.64. The van der Waals surface area contributed by atoms with Crippen LogP contribution in [0.15, 0.2) is 35.1 Å². The fraction of sp³-hybridized carbons (Fsp3) is 0.214. The molecule has 2 aromatic rings. The molecule has 0 spiro atoms. The maximum atomic E-state index is 11.1. The molecule has 0 saturated carbocycles. The van der Waals surface area contributed by atoms with Crippen LogP contribution in [0.1, 0.15) is 23.6 Å². The monoisotopic (exact) mass is 348 g/mol. The Balaban J connectivity index is 1.95. The Bertz CT molecular complexity index is 720. The van der Waals surface area contributed by atoms with Gasteiger partial charge in [0.2, 0.25) is 0 Å². The van der Waals surface area contributed by atoms with Gasteiger partial charge in [0.05, 0.1) is 15.4 Å². The number of fused-ring (bicyclic) bond motifs is 1. The largest absolute Gasteiger partial charge is 0.399 e. The minimum absolute atomic E-state index is 0.0340. The first-order chi connectivity index (χ1) is 10.1.